The predicted octanol–water partition coefficient (Wildman–Crippen LogP) is 4.63. The van der Waals surface area contributed by atoms with E-state index in [-0.39, 0.29) is 24.2 Å². The first-order valence-corrected chi connectivity index (χ1v) is 12.1. The van der Waals surface area contributed by atoms with Gasteiger partial charge in [-0.2, -0.15) is 5.10 Å². The first-order chi connectivity index (χ1) is 18.3. The summed E-state index contributed by atoms with van der Waals surface area (Å²) in [6.45, 7) is 1.88. The van der Waals surface area contributed by atoms with Crippen molar-refractivity contribution in [1.82, 2.24) is 5.01 Å². The minimum absolute atomic E-state index is 0.0183. The Balaban J connectivity index is 1.60. The average Bonchev–Trinajstić information content (AvgIpc) is 3.38. The number of nitrogens with zero attached hydrogens (tertiary/aromatic N) is 4. The second kappa shape index (κ2) is 11.5. The molecular formula is C28H28N4O6. The molecule has 0 bridgehead atoms. The summed E-state index contributed by atoms with van der Waals surface area (Å²) >= 11 is 0. The number of aldehydes is 1. The Morgan fingerprint density at radius 1 is 1.08 bits per heavy atom. The van der Waals surface area contributed by atoms with E-state index in [0.29, 0.717) is 47.7 Å². The van der Waals surface area contributed by atoms with Crippen molar-refractivity contribution >= 4 is 29.3 Å². The smallest absolute Gasteiger partial charge is 0.281 e. The van der Waals surface area contributed by atoms with Crippen LogP contribution in [0.2, 0.25) is 0 Å². The van der Waals surface area contributed by atoms with Crippen molar-refractivity contribution in [3.05, 3.63) is 93.5 Å². The van der Waals surface area contributed by atoms with Gasteiger partial charge in [0.1, 0.15) is 6.29 Å². The lowest BCUT2D eigenvalue weighted by molar-refractivity contribution is -0.384. The van der Waals surface area contributed by atoms with Gasteiger partial charge in [0.05, 0.1) is 23.3 Å². The van der Waals surface area contributed by atoms with Crippen molar-refractivity contribution in [1.29, 1.82) is 0 Å². The van der Waals surface area contributed by atoms with E-state index in [1.165, 1.54) is 17.1 Å². The number of non-ortho nitro benzene ring substituents is 1. The zero-order chi connectivity index (χ0) is 27.2. The van der Waals surface area contributed by atoms with Crippen LogP contribution in [0, 0.1) is 10.1 Å². The maximum absolute atomic E-state index is 13.4. The van der Waals surface area contributed by atoms with Crippen LogP contribution in [0.25, 0.3) is 0 Å². The van der Waals surface area contributed by atoms with E-state index in [1.807, 2.05) is 50.2 Å². The molecule has 3 aromatic rings. The van der Waals surface area contributed by atoms with Crippen LogP contribution in [0.5, 0.6) is 11.5 Å². The highest BCUT2D eigenvalue weighted by Gasteiger charge is 2.33. The molecule has 1 aliphatic rings. The normalized spacial score (nSPS) is 14.6. The highest BCUT2D eigenvalue weighted by Crippen LogP contribution is 2.34. The SMILES string of the molecule is CCOc1cc(C=O)ccc1OCC(=O)N1N=C(c2ccc([N+](=O)[O-])cc2)CC1c1ccc(N(C)C)cc1. The van der Waals surface area contributed by atoms with Crippen LogP contribution in [0.3, 0.4) is 0 Å². The van der Waals surface area contributed by atoms with E-state index in [2.05, 4.69) is 5.10 Å². The zero-order valence-electron chi connectivity index (χ0n) is 21.4. The van der Waals surface area contributed by atoms with Crippen LogP contribution in [0.1, 0.15) is 40.9 Å². The summed E-state index contributed by atoms with van der Waals surface area (Å²) in [6.07, 6.45) is 1.14. The third kappa shape index (κ3) is 5.80. The molecule has 0 aromatic heterocycles. The molecule has 0 fully saturated rings. The summed E-state index contributed by atoms with van der Waals surface area (Å²) in [5.41, 5.74) is 3.67. The molecule has 0 spiro atoms. The topological polar surface area (TPSA) is 115 Å². The highest BCUT2D eigenvalue weighted by molar-refractivity contribution is 6.03. The summed E-state index contributed by atoms with van der Waals surface area (Å²) in [7, 11) is 3.90. The summed E-state index contributed by atoms with van der Waals surface area (Å²) in [4.78, 5) is 37.1. The summed E-state index contributed by atoms with van der Waals surface area (Å²) < 4.78 is 11.4. The minimum Gasteiger partial charge on any atom is -0.490 e. The van der Waals surface area contributed by atoms with Gasteiger partial charge in [-0.25, -0.2) is 5.01 Å². The van der Waals surface area contributed by atoms with Gasteiger partial charge in [-0.05, 0) is 60.5 Å². The number of carbonyl (C=O) groups is 2. The maximum Gasteiger partial charge on any atom is 0.281 e. The van der Waals surface area contributed by atoms with E-state index >= 15 is 0 Å². The first kappa shape index (κ1) is 26.3. The fraction of sp³-hybridized carbons (Fsp3) is 0.250. The molecule has 0 radical (unpaired) electrons. The third-order valence-electron chi connectivity index (χ3n) is 6.13. The lowest BCUT2D eigenvalue weighted by Crippen LogP contribution is -2.31. The molecule has 1 aliphatic heterocycles. The second-order valence-corrected chi connectivity index (χ2v) is 8.84. The van der Waals surface area contributed by atoms with Gasteiger partial charge in [-0.3, -0.25) is 19.7 Å². The lowest BCUT2D eigenvalue weighted by Gasteiger charge is -2.23. The van der Waals surface area contributed by atoms with E-state index in [9.17, 15) is 19.7 Å². The molecule has 0 aliphatic carbocycles. The number of hydrogen-bond acceptors (Lipinski definition) is 8. The van der Waals surface area contributed by atoms with Crippen LogP contribution < -0.4 is 14.4 Å². The Morgan fingerprint density at radius 3 is 2.39 bits per heavy atom. The van der Waals surface area contributed by atoms with Crippen LogP contribution >= 0.6 is 0 Å². The Labute approximate surface area is 220 Å². The number of ether oxygens (including phenoxy) is 2. The Morgan fingerprint density at radius 2 is 1.79 bits per heavy atom. The zero-order valence-corrected chi connectivity index (χ0v) is 21.4. The fourth-order valence-electron chi connectivity index (χ4n) is 4.14. The van der Waals surface area contributed by atoms with Gasteiger partial charge in [0.15, 0.2) is 18.1 Å². The van der Waals surface area contributed by atoms with Crippen molar-refractivity contribution in [2.75, 3.05) is 32.2 Å². The van der Waals surface area contributed by atoms with Gasteiger partial charge >= 0.3 is 0 Å². The Hall–Kier alpha value is -4.73. The largest absolute Gasteiger partial charge is 0.490 e. The van der Waals surface area contributed by atoms with Crippen molar-refractivity contribution in [3.8, 4) is 11.5 Å². The van der Waals surface area contributed by atoms with Gasteiger partial charge < -0.3 is 14.4 Å². The van der Waals surface area contributed by atoms with Gasteiger partial charge in [0.25, 0.3) is 11.6 Å². The van der Waals surface area contributed by atoms with Crippen LogP contribution in [0.4, 0.5) is 11.4 Å². The predicted molar refractivity (Wildman–Crippen MR) is 143 cm³/mol. The third-order valence-corrected chi connectivity index (χ3v) is 6.13. The number of hydrazone groups is 1. The van der Waals surface area contributed by atoms with Gasteiger partial charge in [-0.15, -0.1) is 0 Å². The molecule has 1 heterocycles. The number of hydrogen-bond donors (Lipinski definition) is 0. The van der Waals surface area contributed by atoms with Crippen molar-refractivity contribution in [3.63, 3.8) is 0 Å². The van der Waals surface area contributed by atoms with E-state index in [4.69, 9.17) is 9.47 Å². The molecule has 0 N–H and O–H groups in total. The molecule has 3 aromatic carbocycles. The lowest BCUT2D eigenvalue weighted by atomic mass is 9.98. The molecule has 38 heavy (non-hydrogen) atoms. The monoisotopic (exact) mass is 516 g/mol. The van der Waals surface area contributed by atoms with Crippen LogP contribution in [-0.4, -0.2) is 55.1 Å². The first-order valence-electron chi connectivity index (χ1n) is 12.1. The summed E-state index contributed by atoms with van der Waals surface area (Å²) in [5.74, 6) is 0.346. The number of anilines is 1. The Bertz CT molecular complexity index is 1350. The van der Waals surface area contributed by atoms with Crippen LogP contribution in [-0.2, 0) is 4.79 Å². The van der Waals surface area contributed by atoms with E-state index in [0.717, 1.165) is 11.3 Å². The van der Waals surface area contributed by atoms with Gasteiger partial charge in [0, 0.05) is 43.9 Å². The van der Waals surface area contributed by atoms with Crippen molar-refractivity contribution in [2.45, 2.75) is 19.4 Å². The standard InChI is InChI=1S/C28H28N4O6/c1-4-37-27-15-19(17-33)5-14-26(27)38-18-28(34)31-25(21-8-10-22(11-9-21)30(2)3)16-24(29-31)20-6-12-23(13-7-20)32(35)36/h5-15,17,25H,4,16,18H2,1-3H3. The molecular weight excluding hydrogens is 488 g/mol. The van der Waals surface area contributed by atoms with E-state index < -0.39 is 4.92 Å². The molecule has 1 atom stereocenters. The minimum atomic E-state index is -0.458. The highest BCUT2D eigenvalue weighted by atomic mass is 16.6. The number of rotatable bonds is 10. The van der Waals surface area contributed by atoms with Crippen molar-refractivity contribution in [2.24, 2.45) is 5.10 Å². The molecule has 1 unspecified atom stereocenters. The molecule has 0 saturated carbocycles. The quantitative estimate of drug-likeness (QED) is 0.219. The number of carbonyl (C=O) groups excluding carboxylic acids is 2. The number of benzene rings is 3. The fourth-order valence-corrected chi connectivity index (χ4v) is 4.14. The summed E-state index contributed by atoms with van der Waals surface area (Å²) in [5, 5.41) is 17.1. The van der Waals surface area contributed by atoms with Gasteiger partial charge in [0.2, 0.25) is 0 Å². The summed E-state index contributed by atoms with van der Waals surface area (Å²) in [6, 6.07) is 18.3. The number of nitro benzene ring substituents is 1. The molecule has 10 nitrogen and oxygen atoms in total. The Kier molecular flexibility index (Phi) is 8.00. The molecule has 10 heteroatoms. The average molecular weight is 517 g/mol. The molecule has 4 rings (SSSR count). The second-order valence-electron chi connectivity index (χ2n) is 8.84. The number of amides is 1. The molecule has 0 saturated heterocycles. The number of nitro groups is 1. The van der Waals surface area contributed by atoms with Gasteiger partial charge in [-0.1, -0.05) is 12.1 Å². The van der Waals surface area contributed by atoms with E-state index in [1.54, 1.807) is 30.3 Å². The molecule has 1 amide bonds. The molecule has 196 valence electrons. The van der Waals surface area contributed by atoms with Crippen molar-refractivity contribution < 1.29 is 24.0 Å². The maximum atomic E-state index is 13.4. The van der Waals surface area contributed by atoms with Crippen LogP contribution in [0.15, 0.2) is 71.8 Å².